The zero-order valence-electron chi connectivity index (χ0n) is 9.46. The van der Waals surface area contributed by atoms with Crippen molar-refractivity contribution >= 4 is 11.8 Å². The first-order valence-electron chi connectivity index (χ1n) is 4.86. The zero-order chi connectivity index (χ0) is 13.0. The van der Waals surface area contributed by atoms with Crippen LogP contribution in [0.15, 0.2) is 18.2 Å². The fourth-order valence-corrected chi connectivity index (χ4v) is 1.09. The van der Waals surface area contributed by atoms with Crippen molar-refractivity contribution in [3.63, 3.8) is 0 Å². The lowest BCUT2D eigenvalue weighted by Gasteiger charge is -2.11. The summed E-state index contributed by atoms with van der Waals surface area (Å²) < 4.78 is 26.0. The van der Waals surface area contributed by atoms with E-state index in [2.05, 4.69) is 5.32 Å². The summed E-state index contributed by atoms with van der Waals surface area (Å²) in [4.78, 5) is 23.9. The van der Waals surface area contributed by atoms with Crippen LogP contribution in [0.4, 0.5) is 8.78 Å². The largest absolute Gasteiger partial charge is 0.347 e. The third-order valence-corrected chi connectivity index (χ3v) is 2.10. The fraction of sp³-hybridized carbons (Fsp3) is 0.273. The van der Waals surface area contributed by atoms with Gasteiger partial charge in [0, 0.05) is 14.1 Å². The van der Waals surface area contributed by atoms with Crippen LogP contribution >= 0.6 is 0 Å². The normalized spacial score (nSPS) is 9.88. The number of carbonyl (C=O) groups excluding carboxylic acids is 2. The maximum atomic E-state index is 13.2. The summed E-state index contributed by atoms with van der Waals surface area (Å²) in [6.45, 7) is -0.262. The van der Waals surface area contributed by atoms with E-state index < -0.39 is 23.1 Å². The number of benzene rings is 1. The van der Waals surface area contributed by atoms with Gasteiger partial charge >= 0.3 is 0 Å². The van der Waals surface area contributed by atoms with Crippen molar-refractivity contribution in [2.75, 3.05) is 20.6 Å². The monoisotopic (exact) mass is 242 g/mol. The van der Waals surface area contributed by atoms with Crippen LogP contribution in [0.3, 0.4) is 0 Å². The minimum absolute atomic E-state index is 0.262. The van der Waals surface area contributed by atoms with Gasteiger partial charge in [0.05, 0.1) is 12.1 Å². The van der Waals surface area contributed by atoms with Crippen molar-refractivity contribution in [3.05, 3.63) is 35.4 Å². The first-order chi connectivity index (χ1) is 7.93. The minimum Gasteiger partial charge on any atom is -0.347 e. The van der Waals surface area contributed by atoms with Gasteiger partial charge in [0.1, 0.15) is 0 Å². The summed E-state index contributed by atoms with van der Waals surface area (Å²) in [5.74, 6) is -3.48. The third-order valence-electron chi connectivity index (χ3n) is 2.10. The van der Waals surface area contributed by atoms with E-state index in [9.17, 15) is 18.4 Å². The molecule has 1 N–H and O–H groups in total. The van der Waals surface area contributed by atoms with Crippen molar-refractivity contribution in [2.45, 2.75) is 0 Å². The van der Waals surface area contributed by atoms with Crippen LogP contribution in [-0.4, -0.2) is 37.4 Å². The second-order valence-corrected chi connectivity index (χ2v) is 3.57. The highest BCUT2D eigenvalue weighted by Crippen LogP contribution is 2.10. The first-order valence-corrected chi connectivity index (χ1v) is 4.86. The molecule has 0 aliphatic carbocycles. The molecule has 92 valence electrons. The lowest BCUT2D eigenvalue weighted by molar-refractivity contribution is -0.127. The van der Waals surface area contributed by atoms with Crippen molar-refractivity contribution in [1.29, 1.82) is 0 Å². The highest BCUT2D eigenvalue weighted by atomic mass is 19.2. The maximum Gasteiger partial charge on any atom is 0.254 e. The molecule has 0 aromatic heterocycles. The van der Waals surface area contributed by atoms with Gasteiger partial charge < -0.3 is 10.2 Å². The number of nitrogens with zero attached hydrogens (tertiary/aromatic N) is 1. The maximum absolute atomic E-state index is 13.2. The Labute approximate surface area is 97.2 Å². The van der Waals surface area contributed by atoms with Crippen LogP contribution in [0.2, 0.25) is 0 Å². The van der Waals surface area contributed by atoms with E-state index in [1.807, 2.05) is 0 Å². The molecule has 1 aromatic carbocycles. The summed E-state index contributed by atoms with van der Waals surface area (Å²) in [6.07, 6.45) is 0. The van der Waals surface area contributed by atoms with Gasteiger partial charge in [0.15, 0.2) is 11.6 Å². The quantitative estimate of drug-likeness (QED) is 0.851. The van der Waals surface area contributed by atoms with Gasteiger partial charge in [-0.15, -0.1) is 0 Å². The van der Waals surface area contributed by atoms with E-state index in [0.717, 1.165) is 12.1 Å². The molecule has 1 aromatic rings. The molecule has 0 bridgehead atoms. The molecule has 0 spiro atoms. The van der Waals surface area contributed by atoms with Crippen LogP contribution in [0.25, 0.3) is 0 Å². The van der Waals surface area contributed by atoms with Crippen LogP contribution in [0.5, 0.6) is 0 Å². The van der Waals surface area contributed by atoms with E-state index in [1.165, 1.54) is 25.1 Å². The predicted octanol–water partition coefficient (Wildman–Crippen LogP) is 0.783. The smallest absolute Gasteiger partial charge is 0.254 e. The molecule has 0 heterocycles. The fourth-order valence-electron chi connectivity index (χ4n) is 1.09. The third kappa shape index (κ3) is 3.24. The number of nitrogens with one attached hydrogen (secondary N) is 1. The molecule has 17 heavy (non-hydrogen) atoms. The SMILES string of the molecule is CN(C)C(=O)CNC(=O)c1cccc(F)c1F. The van der Waals surface area contributed by atoms with Gasteiger partial charge in [-0.2, -0.15) is 0 Å². The molecule has 0 atom stereocenters. The van der Waals surface area contributed by atoms with Crippen LogP contribution in [0.1, 0.15) is 10.4 Å². The predicted molar refractivity (Wildman–Crippen MR) is 57.4 cm³/mol. The van der Waals surface area contributed by atoms with E-state index in [1.54, 1.807) is 0 Å². The Morgan fingerprint density at radius 1 is 1.29 bits per heavy atom. The van der Waals surface area contributed by atoms with Gasteiger partial charge in [-0.3, -0.25) is 9.59 Å². The molecule has 4 nitrogen and oxygen atoms in total. The van der Waals surface area contributed by atoms with Crippen LogP contribution in [-0.2, 0) is 4.79 Å². The summed E-state index contributed by atoms with van der Waals surface area (Å²) in [7, 11) is 3.05. The van der Waals surface area contributed by atoms with Gasteiger partial charge in [0.2, 0.25) is 5.91 Å². The minimum atomic E-state index is -1.22. The Morgan fingerprint density at radius 3 is 2.53 bits per heavy atom. The number of carbonyl (C=O) groups is 2. The molecular formula is C11H12F2N2O2. The molecule has 0 unspecified atom stereocenters. The second-order valence-electron chi connectivity index (χ2n) is 3.57. The lowest BCUT2D eigenvalue weighted by Crippen LogP contribution is -2.36. The van der Waals surface area contributed by atoms with E-state index in [4.69, 9.17) is 0 Å². The second kappa shape index (κ2) is 5.38. The van der Waals surface area contributed by atoms with Crippen molar-refractivity contribution < 1.29 is 18.4 Å². The average Bonchev–Trinajstić information content (AvgIpc) is 2.29. The molecule has 1 rings (SSSR count). The van der Waals surface area contributed by atoms with Crippen LogP contribution in [0, 0.1) is 11.6 Å². The standard InChI is InChI=1S/C11H12F2N2O2/c1-15(2)9(16)6-14-11(17)7-4-3-5-8(12)10(7)13/h3-5H,6H2,1-2H3,(H,14,17). The van der Waals surface area contributed by atoms with E-state index >= 15 is 0 Å². The highest BCUT2D eigenvalue weighted by Gasteiger charge is 2.15. The van der Waals surface area contributed by atoms with E-state index in [0.29, 0.717) is 0 Å². The zero-order valence-corrected chi connectivity index (χ0v) is 9.46. The Kier molecular flexibility index (Phi) is 4.14. The summed E-state index contributed by atoms with van der Waals surface area (Å²) in [6, 6.07) is 3.28. The molecule has 2 amide bonds. The summed E-state index contributed by atoms with van der Waals surface area (Å²) in [5.41, 5.74) is -0.420. The number of rotatable bonds is 3. The number of hydrogen-bond donors (Lipinski definition) is 1. The molecule has 0 aliphatic heterocycles. The number of halogens is 2. The molecule has 0 saturated carbocycles. The summed E-state index contributed by atoms with van der Waals surface area (Å²) in [5, 5.41) is 2.21. The number of amides is 2. The molecule has 0 radical (unpaired) electrons. The van der Waals surface area contributed by atoms with Gasteiger partial charge in [-0.05, 0) is 12.1 Å². The van der Waals surface area contributed by atoms with Crippen molar-refractivity contribution in [2.24, 2.45) is 0 Å². The van der Waals surface area contributed by atoms with Crippen molar-refractivity contribution in [1.82, 2.24) is 10.2 Å². The summed E-state index contributed by atoms with van der Waals surface area (Å²) >= 11 is 0. The molecule has 6 heteroatoms. The Balaban J connectivity index is 2.71. The Morgan fingerprint density at radius 2 is 1.94 bits per heavy atom. The molecule has 0 aliphatic rings. The number of hydrogen-bond acceptors (Lipinski definition) is 2. The topological polar surface area (TPSA) is 49.4 Å². The number of likely N-dealkylation sites (N-methyl/N-ethyl adjacent to an activating group) is 1. The highest BCUT2D eigenvalue weighted by molar-refractivity contribution is 5.96. The Bertz CT molecular complexity index is 447. The van der Waals surface area contributed by atoms with Gasteiger partial charge in [0.25, 0.3) is 5.91 Å². The van der Waals surface area contributed by atoms with Gasteiger partial charge in [-0.1, -0.05) is 6.07 Å². The molecular weight excluding hydrogens is 230 g/mol. The van der Waals surface area contributed by atoms with Crippen LogP contribution < -0.4 is 5.32 Å². The Hall–Kier alpha value is -1.98. The lowest BCUT2D eigenvalue weighted by atomic mass is 10.2. The first kappa shape index (κ1) is 13.1. The van der Waals surface area contributed by atoms with Gasteiger partial charge in [-0.25, -0.2) is 8.78 Å². The van der Waals surface area contributed by atoms with E-state index in [-0.39, 0.29) is 12.5 Å². The molecule has 0 saturated heterocycles. The molecule has 0 fully saturated rings. The van der Waals surface area contributed by atoms with Crippen molar-refractivity contribution in [3.8, 4) is 0 Å². The average molecular weight is 242 g/mol.